The van der Waals surface area contributed by atoms with Gasteiger partial charge in [0.25, 0.3) is 0 Å². The van der Waals surface area contributed by atoms with E-state index in [9.17, 15) is 2.74 Å². The van der Waals surface area contributed by atoms with E-state index in [1.54, 1.807) is 0 Å². The number of rotatable bonds is 8. The second kappa shape index (κ2) is 21.1. The Labute approximate surface area is 521 Å². The quantitative estimate of drug-likeness (QED) is 0.112. The van der Waals surface area contributed by atoms with Crippen LogP contribution in [0.2, 0.25) is 0 Å². The fourth-order valence-corrected chi connectivity index (χ4v) is 18.0. The summed E-state index contributed by atoms with van der Waals surface area (Å²) >= 11 is 0. The van der Waals surface area contributed by atoms with Gasteiger partial charge in [-0.25, -0.2) is 4.98 Å². The Kier molecular flexibility index (Phi) is 12.7. The molecule has 0 unspecified atom stereocenters. The van der Waals surface area contributed by atoms with Crippen molar-refractivity contribution < 1.29 is 32.7 Å². The average Bonchev–Trinajstić information content (AvgIpc) is 1.59. The second-order valence-electron chi connectivity index (χ2n) is 26.2. The number of ether oxygens (including phenoxy) is 1. The van der Waals surface area contributed by atoms with E-state index in [2.05, 4.69) is 250 Å². The van der Waals surface area contributed by atoms with E-state index in [1.165, 1.54) is 48.6 Å². The molecule has 0 atom stereocenters. The monoisotopic (exact) mass is 1300 g/mol. The van der Waals surface area contributed by atoms with Crippen LogP contribution in [0.1, 0.15) is 122 Å². The predicted molar refractivity (Wildman–Crippen MR) is 351 cm³/mol. The maximum absolute atomic E-state index is 9.39. The summed E-state index contributed by atoms with van der Waals surface area (Å²) in [7, 11) is -3.02. The van der Waals surface area contributed by atoms with E-state index in [-0.39, 0.29) is 60.9 Å². The molecule has 0 saturated heterocycles. The minimum absolute atomic E-state index is 0. The van der Waals surface area contributed by atoms with Crippen molar-refractivity contribution in [3.05, 3.63) is 246 Å². The van der Waals surface area contributed by atoms with Gasteiger partial charge in [0.1, 0.15) is 13.9 Å². The number of nitrogens with zero attached hydrogens (tertiary/aromatic N) is 4. The van der Waals surface area contributed by atoms with Gasteiger partial charge in [0.05, 0.1) is 6.85 Å². The number of para-hydroxylation sites is 4. The van der Waals surface area contributed by atoms with Crippen molar-refractivity contribution in [2.45, 2.75) is 112 Å². The Morgan fingerprint density at radius 2 is 1.11 bits per heavy atom. The fourth-order valence-electron chi connectivity index (χ4n) is 12.6. The smallest absolute Gasteiger partial charge is 0.135 e. The molecule has 0 fully saturated rings. The zero-order valence-corrected chi connectivity index (χ0v) is 53.5. The van der Waals surface area contributed by atoms with Crippen LogP contribution in [0.3, 0.4) is 0 Å². The molecule has 0 N–H and O–H groups in total. The Bertz CT molecular complexity index is 4410. The van der Waals surface area contributed by atoms with Crippen LogP contribution >= 0.6 is 0 Å². The van der Waals surface area contributed by atoms with Crippen LogP contribution in [-0.2, 0) is 37.3 Å². The first kappa shape index (κ1) is 50.7. The molecule has 0 amide bonds. The number of benzene rings is 9. The fraction of sp³-hybridized carbons (Fsp3) is 0.221. The molecule has 0 saturated carbocycles. The van der Waals surface area contributed by atoms with Gasteiger partial charge < -0.3 is 19.4 Å². The molecule has 1 aromatic heterocycles. The molecule has 10 aromatic rings. The summed E-state index contributed by atoms with van der Waals surface area (Å²) in [4.78, 5) is 11.7. The molecule has 1 spiro atoms. The third-order valence-corrected chi connectivity index (χ3v) is 21.9. The van der Waals surface area contributed by atoms with Gasteiger partial charge in [-0.05, 0) is 121 Å². The molecule has 4 heterocycles. The Hall–Kier alpha value is -7.76. The molecule has 3 aliphatic heterocycles. The van der Waals surface area contributed by atoms with Crippen LogP contribution in [0.4, 0.5) is 39.9 Å². The summed E-state index contributed by atoms with van der Waals surface area (Å²) in [5.41, 5.74) is 16.5. The van der Waals surface area contributed by atoms with E-state index in [4.69, 9.17) is 13.8 Å². The largest absolute Gasteiger partial charge is 0.509 e. The van der Waals surface area contributed by atoms with Crippen LogP contribution < -0.4 is 40.2 Å². The van der Waals surface area contributed by atoms with E-state index >= 15 is 0 Å². The van der Waals surface area contributed by atoms with Gasteiger partial charge in [-0.3, -0.25) is 0 Å². The first-order chi connectivity index (χ1) is 41.7. The maximum atomic E-state index is 9.39. The van der Waals surface area contributed by atoms with Crippen molar-refractivity contribution in [3.8, 4) is 44.9 Å². The minimum atomic E-state index is -3.02. The van der Waals surface area contributed by atoms with Crippen molar-refractivity contribution in [1.82, 2.24) is 4.98 Å². The summed E-state index contributed by atoms with van der Waals surface area (Å²) < 4.78 is 52.4. The number of aromatic nitrogens is 1. The van der Waals surface area contributed by atoms with Crippen molar-refractivity contribution >= 4 is 68.8 Å². The SMILES string of the molecule is [2H]c1c([2H])c([2H])c(-c2cccc(-c3cc(C(C)(C)C)cc(C(C)(C)C)c3)c2N2[CH-]N(c3[c-]c(Oc4[c-]c5c(cc4)[Si]4(c6ccc(C)cc6-c6cc(C)ccc64)c4ccccc4N5c4cc(C(C)(C)C)ccn4)cc(C(C)C)c3)c3ccccc32)c([2H])c1[2H].[Pt]. The Morgan fingerprint density at radius 1 is 0.524 bits per heavy atom. The molecular weight excluding hydrogens is 1220 g/mol. The van der Waals surface area contributed by atoms with Crippen LogP contribution in [0.25, 0.3) is 33.4 Å². The van der Waals surface area contributed by atoms with Crippen LogP contribution in [0, 0.1) is 32.6 Å². The van der Waals surface area contributed by atoms with Crippen molar-refractivity contribution in [2.24, 2.45) is 0 Å². The molecule has 3 aliphatic rings. The van der Waals surface area contributed by atoms with Crippen LogP contribution in [0.5, 0.6) is 11.5 Å². The van der Waals surface area contributed by atoms with Gasteiger partial charge in [0.15, 0.2) is 0 Å². The predicted octanol–water partition coefficient (Wildman–Crippen LogP) is 18.0. The van der Waals surface area contributed by atoms with Gasteiger partial charge in [-0.1, -0.05) is 226 Å². The maximum Gasteiger partial charge on any atom is 0.135 e. The third kappa shape index (κ3) is 9.64. The molecule has 84 heavy (non-hydrogen) atoms. The summed E-state index contributed by atoms with van der Waals surface area (Å²) in [5, 5.41) is 5.23. The van der Waals surface area contributed by atoms with Crippen molar-refractivity contribution in [3.63, 3.8) is 0 Å². The summed E-state index contributed by atoms with van der Waals surface area (Å²) in [5.74, 6) is 1.95. The Morgan fingerprint density at radius 3 is 1.73 bits per heavy atom. The first-order valence-corrected chi connectivity index (χ1v) is 31.0. The molecule has 13 rings (SSSR count). The topological polar surface area (TPSA) is 31.8 Å². The summed E-state index contributed by atoms with van der Waals surface area (Å²) in [6, 6.07) is 62.8. The van der Waals surface area contributed by atoms with E-state index in [1.807, 2.05) is 37.1 Å². The van der Waals surface area contributed by atoms with E-state index in [0.29, 0.717) is 22.7 Å². The molecule has 7 heteroatoms. The Balaban J connectivity index is 0.00000769. The van der Waals surface area contributed by atoms with E-state index in [0.717, 1.165) is 62.1 Å². The number of hydrogen-bond acceptors (Lipinski definition) is 5. The van der Waals surface area contributed by atoms with Gasteiger partial charge in [-0.15, -0.1) is 53.4 Å². The van der Waals surface area contributed by atoms with Gasteiger partial charge in [0.2, 0.25) is 0 Å². The van der Waals surface area contributed by atoms with Crippen LogP contribution in [0.15, 0.2) is 194 Å². The molecule has 0 radical (unpaired) electrons. The van der Waals surface area contributed by atoms with Gasteiger partial charge >= 0.3 is 0 Å². The number of pyridine rings is 1. The number of aryl methyl sites for hydroxylation is 2. The molecular formula is C77H73N4OPtSi-3. The minimum Gasteiger partial charge on any atom is -0.509 e. The van der Waals surface area contributed by atoms with Gasteiger partial charge in [0, 0.05) is 72.6 Å². The third-order valence-electron chi connectivity index (χ3n) is 17.0. The number of hydrogen-bond donors (Lipinski definition) is 0. The molecule has 0 aliphatic carbocycles. The summed E-state index contributed by atoms with van der Waals surface area (Å²) in [6.07, 6.45) is 1.93. The zero-order valence-electron chi connectivity index (χ0n) is 55.3. The number of anilines is 7. The molecule has 0 bridgehead atoms. The molecule has 424 valence electrons. The van der Waals surface area contributed by atoms with Gasteiger partial charge in [-0.2, -0.15) is 6.07 Å². The summed E-state index contributed by atoms with van der Waals surface area (Å²) in [6.45, 7) is 30.8. The molecule has 9 aromatic carbocycles. The second-order valence-corrected chi connectivity index (χ2v) is 29.9. The van der Waals surface area contributed by atoms with E-state index < -0.39 is 26.2 Å². The molecule has 5 nitrogen and oxygen atoms in total. The standard InChI is InChI=1S/C77H73N4OSi.Pt/c1-49(2)53-42-58(79-48-80(66-27-18-17-26-65(66)79)74-61(52-22-15-14-16-23-52)24-21-25-62(74)54-40-56(76(8,9)10)44-57(41-54)77(11,12)13)46-60(43-53)82-59-32-35-72-68(47-59)81(73-45-55(36-37-78-73)75(5,6)7)67-28-19-20-29-71(67)83(72)69-33-30-50(3)38-63(69)64-39-51(4)31-34-70(64)83;/h14-45,48-49H,1-13H3;/q-3;/i14D,15D,16D,22D,23D;. The number of fused-ring (bicyclic) bond motifs is 10. The van der Waals surface area contributed by atoms with Crippen LogP contribution in [-0.4, -0.2) is 13.1 Å². The zero-order chi connectivity index (χ0) is 62.3. The van der Waals surface area contributed by atoms with Crippen molar-refractivity contribution in [1.29, 1.82) is 0 Å². The average molecular weight is 1300 g/mol. The first-order valence-electron chi connectivity index (χ1n) is 31.5. The normalized spacial score (nSPS) is 14.8. The van der Waals surface area contributed by atoms with Crippen molar-refractivity contribution in [2.75, 3.05) is 14.7 Å².